The lowest BCUT2D eigenvalue weighted by atomic mass is 9.47. The number of hydrogen-bond donors (Lipinski definition) is 1. The minimum Gasteiger partial charge on any atom is -0.515 e. The molecule has 3 fully saturated rings. The van der Waals surface area contributed by atoms with E-state index in [2.05, 4.69) is 47.6 Å². The summed E-state index contributed by atoms with van der Waals surface area (Å²) < 4.78 is 0. The number of allylic oxidation sites excluding steroid dienone is 3. The van der Waals surface area contributed by atoms with Crippen LogP contribution in [0.25, 0.3) is 0 Å². The van der Waals surface area contributed by atoms with E-state index in [-0.39, 0.29) is 11.2 Å². The predicted molar refractivity (Wildman–Crippen MR) is 129 cm³/mol. The molecule has 0 heterocycles. The van der Waals surface area contributed by atoms with Crippen molar-refractivity contribution in [1.82, 2.24) is 0 Å². The Hall–Kier alpha value is -1.05. The lowest BCUT2D eigenvalue weighted by Gasteiger charge is -2.57. The average Bonchev–Trinajstić information content (AvgIpc) is 3.09. The van der Waals surface area contributed by atoms with Crippen LogP contribution >= 0.6 is 0 Å². The minimum atomic E-state index is 0.143. The summed E-state index contributed by atoms with van der Waals surface area (Å²) in [5, 5.41) is 9.68. The van der Waals surface area contributed by atoms with Crippen LogP contribution in [0.3, 0.4) is 0 Å². The number of Topliss-reactive ketones (excluding diaryl/α,β-unsaturated/α-hetero) is 1. The number of rotatable bonds is 5. The largest absolute Gasteiger partial charge is 0.515 e. The first-order valence-corrected chi connectivity index (χ1v) is 13.2. The normalized spacial score (nSPS) is 43.3. The van der Waals surface area contributed by atoms with Crippen LogP contribution in [0.5, 0.6) is 0 Å². The number of ketones is 1. The van der Waals surface area contributed by atoms with E-state index in [1.807, 2.05) is 0 Å². The first kappa shape index (κ1) is 23.1. The van der Waals surface area contributed by atoms with Crippen molar-refractivity contribution in [1.29, 1.82) is 0 Å². The molecule has 0 amide bonds. The van der Waals surface area contributed by atoms with Gasteiger partial charge >= 0.3 is 0 Å². The molecule has 4 rings (SSSR count). The van der Waals surface area contributed by atoms with Gasteiger partial charge in [0, 0.05) is 12.0 Å². The Morgan fingerprint density at radius 1 is 1.06 bits per heavy atom. The van der Waals surface area contributed by atoms with Crippen molar-refractivity contribution in [2.24, 2.45) is 52.3 Å². The molecule has 0 saturated heterocycles. The molecule has 8 atom stereocenters. The van der Waals surface area contributed by atoms with Crippen molar-refractivity contribution in [2.75, 3.05) is 0 Å². The molecule has 0 aliphatic heterocycles. The fraction of sp³-hybridized carbons (Fsp3) is 0.828. The van der Waals surface area contributed by atoms with Gasteiger partial charge in [-0.25, -0.2) is 0 Å². The van der Waals surface area contributed by atoms with Crippen LogP contribution < -0.4 is 0 Å². The number of fused-ring (bicyclic) bond motifs is 5. The zero-order valence-corrected chi connectivity index (χ0v) is 20.9. The summed E-state index contributed by atoms with van der Waals surface area (Å²) >= 11 is 0. The molecule has 174 valence electrons. The van der Waals surface area contributed by atoms with Crippen molar-refractivity contribution < 1.29 is 9.90 Å². The van der Waals surface area contributed by atoms with Crippen LogP contribution in [0, 0.1) is 52.3 Å². The maximum Gasteiger partial charge on any atom is 0.162 e. The lowest BCUT2D eigenvalue weighted by Crippen LogP contribution is -2.49. The van der Waals surface area contributed by atoms with Crippen LogP contribution in [0.2, 0.25) is 0 Å². The highest BCUT2D eigenvalue weighted by Crippen LogP contribution is 2.67. The minimum absolute atomic E-state index is 0.143. The van der Waals surface area contributed by atoms with E-state index in [1.165, 1.54) is 38.5 Å². The highest BCUT2D eigenvalue weighted by molar-refractivity contribution is 5.96. The zero-order valence-electron chi connectivity index (χ0n) is 20.9. The maximum atomic E-state index is 12.4. The smallest absolute Gasteiger partial charge is 0.162 e. The van der Waals surface area contributed by atoms with Gasteiger partial charge in [0.25, 0.3) is 0 Å². The molecule has 0 unspecified atom stereocenters. The van der Waals surface area contributed by atoms with Crippen LogP contribution in [-0.2, 0) is 4.79 Å². The van der Waals surface area contributed by atoms with Gasteiger partial charge in [-0.15, -0.1) is 0 Å². The lowest BCUT2D eigenvalue weighted by molar-refractivity contribution is -0.121. The summed E-state index contributed by atoms with van der Waals surface area (Å²) in [6.07, 6.45) is 14.2. The summed E-state index contributed by atoms with van der Waals surface area (Å²) in [4.78, 5) is 12.4. The van der Waals surface area contributed by atoms with Gasteiger partial charge in [0.1, 0.15) is 0 Å². The average molecular weight is 427 g/mol. The third-order valence-electron chi connectivity index (χ3n) is 11.0. The standard InChI is InChI=1S/C29H46O2/c1-18(2)19(3)7-8-20(4)24-11-12-25-23-10-9-22-15-27(31)21(17-30)16-29(22,6)26(23)13-14-28(24,25)5/h10,17-20,22,24-26,30H,7-9,11-16H2,1-6H3/b21-17-/t19-,20+,22-,24-,25+,26-,28-,29-/m0/s1. The highest BCUT2D eigenvalue weighted by atomic mass is 16.2. The second kappa shape index (κ2) is 8.38. The SMILES string of the molecule is CC(C)[C@@H](C)CC[C@@H](C)[C@@H]1CC[C@@H]2C3=CC[C@H]4CC(=O)/C(=C\O)C[C@]4(C)[C@H]3CC[C@]21C. The third kappa shape index (κ3) is 3.74. The van der Waals surface area contributed by atoms with Crippen LogP contribution in [-0.4, -0.2) is 10.9 Å². The van der Waals surface area contributed by atoms with Gasteiger partial charge in [-0.05, 0) is 90.8 Å². The molecule has 0 spiro atoms. The Morgan fingerprint density at radius 2 is 1.77 bits per heavy atom. The highest BCUT2D eigenvalue weighted by Gasteiger charge is 2.58. The van der Waals surface area contributed by atoms with Crippen LogP contribution in [0.4, 0.5) is 0 Å². The van der Waals surface area contributed by atoms with Crippen molar-refractivity contribution in [2.45, 2.75) is 99.3 Å². The summed E-state index contributed by atoms with van der Waals surface area (Å²) in [5.41, 5.74) is 3.01. The molecule has 0 aromatic rings. The summed E-state index contributed by atoms with van der Waals surface area (Å²) in [5.74, 6) is 5.24. The van der Waals surface area contributed by atoms with E-state index in [1.54, 1.807) is 5.57 Å². The Bertz CT molecular complexity index is 761. The molecular weight excluding hydrogens is 380 g/mol. The van der Waals surface area contributed by atoms with Gasteiger partial charge in [0.05, 0.1) is 6.26 Å². The van der Waals surface area contributed by atoms with Crippen LogP contribution in [0.1, 0.15) is 99.3 Å². The van der Waals surface area contributed by atoms with Crippen molar-refractivity contribution in [3.8, 4) is 0 Å². The molecule has 4 aliphatic rings. The topological polar surface area (TPSA) is 37.3 Å². The van der Waals surface area contributed by atoms with Gasteiger partial charge in [-0.1, -0.05) is 66.0 Å². The molecule has 31 heavy (non-hydrogen) atoms. The first-order valence-electron chi connectivity index (χ1n) is 13.2. The number of aliphatic hydroxyl groups excluding tert-OH is 1. The van der Waals surface area contributed by atoms with Crippen molar-refractivity contribution in [3.63, 3.8) is 0 Å². The maximum absolute atomic E-state index is 12.4. The molecule has 0 bridgehead atoms. The Morgan fingerprint density at radius 3 is 2.45 bits per heavy atom. The summed E-state index contributed by atoms with van der Waals surface area (Å²) in [7, 11) is 0. The number of hydrogen-bond acceptors (Lipinski definition) is 2. The van der Waals surface area contributed by atoms with Crippen molar-refractivity contribution in [3.05, 3.63) is 23.5 Å². The molecule has 3 saturated carbocycles. The molecule has 0 aromatic heterocycles. The van der Waals surface area contributed by atoms with E-state index in [9.17, 15) is 9.90 Å². The van der Waals surface area contributed by atoms with E-state index < -0.39 is 0 Å². The van der Waals surface area contributed by atoms with Gasteiger partial charge in [0.15, 0.2) is 5.78 Å². The Kier molecular flexibility index (Phi) is 6.25. The second-order valence-electron chi connectivity index (χ2n) is 12.7. The number of aliphatic hydroxyl groups is 1. The predicted octanol–water partition coefficient (Wildman–Crippen LogP) is 7.89. The fourth-order valence-electron chi connectivity index (χ4n) is 8.42. The Labute approximate surface area is 191 Å². The van der Waals surface area contributed by atoms with E-state index >= 15 is 0 Å². The van der Waals surface area contributed by atoms with Gasteiger partial charge < -0.3 is 5.11 Å². The van der Waals surface area contributed by atoms with E-state index in [4.69, 9.17) is 0 Å². The fourth-order valence-corrected chi connectivity index (χ4v) is 8.42. The molecule has 2 heteroatoms. The Balaban J connectivity index is 1.53. The van der Waals surface area contributed by atoms with E-state index in [0.29, 0.717) is 29.2 Å². The van der Waals surface area contributed by atoms with Crippen molar-refractivity contribution >= 4 is 5.78 Å². The zero-order chi connectivity index (χ0) is 22.6. The molecule has 1 N–H and O–H groups in total. The number of carbonyl (C=O) groups is 1. The third-order valence-corrected chi connectivity index (χ3v) is 11.0. The molecule has 0 aromatic carbocycles. The molecule has 0 radical (unpaired) electrons. The van der Waals surface area contributed by atoms with Gasteiger partial charge in [-0.2, -0.15) is 0 Å². The molecular formula is C29H46O2. The van der Waals surface area contributed by atoms with Crippen LogP contribution in [0.15, 0.2) is 23.5 Å². The summed E-state index contributed by atoms with van der Waals surface area (Å²) in [6, 6.07) is 0. The van der Waals surface area contributed by atoms with Gasteiger partial charge in [0.2, 0.25) is 0 Å². The van der Waals surface area contributed by atoms with E-state index in [0.717, 1.165) is 48.7 Å². The van der Waals surface area contributed by atoms with Gasteiger partial charge in [-0.3, -0.25) is 4.79 Å². The summed E-state index contributed by atoms with van der Waals surface area (Å²) in [6.45, 7) is 14.7. The monoisotopic (exact) mass is 426 g/mol. The second-order valence-corrected chi connectivity index (χ2v) is 12.7. The quantitative estimate of drug-likeness (QED) is 0.275. The molecule has 4 aliphatic carbocycles. The first-order chi connectivity index (χ1) is 14.6. The molecule has 2 nitrogen and oxygen atoms in total. The number of carbonyl (C=O) groups excluding carboxylic acids is 1.